The molecule has 0 fully saturated rings. The van der Waals surface area contributed by atoms with Crippen LogP contribution in [0.1, 0.15) is 35.1 Å². The fraction of sp³-hybridized carbons (Fsp3) is 0.524. The third kappa shape index (κ3) is 4.18. The Morgan fingerprint density at radius 2 is 1.84 bits per heavy atom. The zero-order valence-corrected chi connectivity index (χ0v) is 18.6. The number of carbonyl (C=O) groups is 1. The predicted molar refractivity (Wildman–Crippen MR) is 118 cm³/mol. The van der Waals surface area contributed by atoms with E-state index in [0.29, 0.717) is 55.6 Å². The summed E-state index contributed by atoms with van der Waals surface area (Å²) < 4.78 is 36.9. The number of urea groups is 1. The highest BCUT2D eigenvalue weighted by molar-refractivity contribution is 7.80. The number of halogens is 1. The molecule has 0 bridgehead atoms. The first-order chi connectivity index (χ1) is 14.9. The summed E-state index contributed by atoms with van der Waals surface area (Å²) in [5.74, 6) is 0.0226. The zero-order valence-electron chi connectivity index (χ0n) is 17.7. The number of likely N-dealkylation sites (N-methyl/N-ethyl adjacent to an activating group) is 1. The van der Waals surface area contributed by atoms with Crippen LogP contribution in [0.2, 0.25) is 0 Å². The molecule has 0 saturated carbocycles. The molecule has 10 heteroatoms. The number of hydrogen-bond donors (Lipinski definition) is 2. The van der Waals surface area contributed by atoms with E-state index < -0.39 is 16.6 Å². The number of anilines is 1. The van der Waals surface area contributed by atoms with E-state index in [1.165, 1.54) is 0 Å². The van der Waals surface area contributed by atoms with E-state index in [2.05, 4.69) is 14.7 Å². The van der Waals surface area contributed by atoms with Crippen LogP contribution >= 0.6 is 0 Å². The van der Waals surface area contributed by atoms with Crippen LogP contribution in [0, 0.1) is 5.82 Å². The van der Waals surface area contributed by atoms with Crippen LogP contribution in [0.15, 0.2) is 20.5 Å². The number of ether oxygens (including phenoxy) is 1. The van der Waals surface area contributed by atoms with Gasteiger partial charge in [-0.25, -0.2) is 9.18 Å². The van der Waals surface area contributed by atoms with E-state index in [1.54, 1.807) is 0 Å². The van der Waals surface area contributed by atoms with Gasteiger partial charge >= 0.3 is 6.03 Å². The number of nitrogens with two attached hydrogens (primary N) is 1. The van der Waals surface area contributed by atoms with E-state index in [0.717, 1.165) is 30.2 Å². The van der Waals surface area contributed by atoms with Gasteiger partial charge in [0.05, 0.1) is 12.6 Å². The van der Waals surface area contributed by atoms with Crippen molar-refractivity contribution >= 4 is 28.2 Å². The lowest BCUT2D eigenvalue weighted by molar-refractivity contribution is 0.167. The van der Waals surface area contributed by atoms with Crippen LogP contribution in [-0.2, 0) is 45.2 Å². The number of fused-ring (bicyclic) bond motifs is 2. The first-order valence-corrected chi connectivity index (χ1v) is 11.6. The number of benzene rings is 1. The van der Waals surface area contributed by atoms with E-state index in [4.69, 9.17) is 10.5 Å². The smallest absolute Gasteiger partial charge is 0.322 e. The van der Waals surface area contributed by atoms with Gasteiger partial charge in [0.15, 0.2) is 5.90 Å². The maximum atomic E-state index is 14.8. The van der Waals surface area contributed by atoms with Crippen molar-refractivity contribution in [3.8, 4) is 0 Å². The molecule has 3 N–H and O–H groups in total. The van der Waals surface area contributed by atoms with Gasteiger partial charge in [-0.1, -0.05) is 0 Å². The molecule has 1 unspecified atom stereocenters. The lowest BCUT2D eigenvalue weighted by atomic mass is 9.98. The third-order valence-electron chi connectivity index (χ3n) is 6.11. The second-order valence-electron chi connectivity index (χ2n) is 8.19. The second kappa shape index (κ2) is 8.96. The summed E-state index contributed by atoms with van der Waals surface area (Å²) in [6, 6.07) is -0.644. The molecule has 1 aromatic rings. The van der Waals surface area contributed by atoms with Crippen molar-refractivity contribution in [1.29, 1.82) is 0 Å². The Balaban J connectivity index is 1.56. The molecule has 8 nitrogen and oxygen atoms in total. The molecule has 1 atom stereocenters. The molecular formula is C21H27FN5O3S-. The molecule has 2 aliphatic carbocycles. The minimum Gasteiger partial charge on any atom is -0.477 e. The molecule has 3 aliphatic rings. The summed E-state index contributed by atoms with van der Waals surface area (Å²) in [5.41, 5.74) is 9.35. The Labute approximate surface area is 182 Å². The number of amides is 2. The molecule has 168 valence electrons. The highest BCUT2D eigenvalue weighted by Crippen LogP contribution is 2.41. The highest BCUT2D eigenvalue weighted by Gasteiger charge is 2.29. The van der Waals surface area contributed by atoms with Crippen LogP contribution in [0.5, 0.6) is 0 Å². The fourth-order valence-electron chi connectivity index (χ4n) is 4.42. The standard InChI is InChI=1S/C21H27FN5O3S/c1-27(2)12-10-24-20(30-11-12)17(9-23)31(29)26-21(28)25-19-15-7-3-5-13(15)18(22)14-6-4-8-16(14)19/h9,12H,3-8,10-11,23H2,1-2H3,(H,25,28)/q-1. The molecular weight excluding hydrogens is 421 g/mol. The average Bonchev–Trinajstić information content (AvgIpc) is 3.42. The predicted octanol–water partition coefficient (Wildman–Crippen LogP) is 2.64. The van der Waals surface area contributed by atoms with E-state index in [-0.39, 0.29) is 22.7 Å². The molecule has 31 heavy (non-hydrogen) atoms. The van der Waals surface area contributed by atoms with Crippen LogP contribution in [0.3, 0.4) is 0 Å². The summed E-state index contributed by atoms with van der Waals surface area (Å²) in [6.07, 6.45) is 5.58. The minimum atomic E-state index is -2.08. The summed E-state index contributed by atoms with van der Waals surface area (Å²) >= 11 is 0. The van der Waals surface area contributed by atoms with Gasteiger partial charge in [-0.05, 0) is 86.0 Å². The van der Waals surface area contributed by atoms with Crippen molar-refractivity contribution in [2.45, 2.75) is 44.6 Å². The summed E-state index contributed by atoms with van der Waals surface area (Å²) in [7, 11) is 1.77. The number of nitrogens with zero attached hydrogens (tertiary/aromatic N) is 3. The average molecular weight is 449 g/mol. The Hall–Kier alpha value is -2.46. The van der Waals surface area contributed by atoms with Crippen molar-refractivity contribution in [2.75, 3.05) is 32.6 Å². The molecule has 0 spiro atoms. The van der Waals surface area contributed by atoms with Gasteiger partial charge < -0.3 is 29.3 Å². The molecule has 4 rings (SSSR count). The molecule has 0 aromatic heterocycles. The molecule has 1 aromatic carbocycles. The van der Waals surface area contributed by atoms with Gasteiger partial charge in [-0.15, -0.1) is 10.6 Å². The van der Waals surface area contributed by atoms with Crippen molar-refractivity contribution in [2.24, 2.45) is 15.1 Å². The van der Waals surface area contributed by atoms with Crippen LogP contribution in [0.25, 0.3) is 0 Å². The summed E-state index contributed by atoms with van der Waals surface area (Å²) in [6.45, 7) is 0.845. The van der Waals surface area contributed by atoms with Gasteiger partial charge in [0.25, 0.3) is 0 Å². The van der Waals surface area contributed by atoms with Crippen molar-refractivity contribution in [3.63, 3.8) is 0 Å². The van der Waals surface area contributed by atoms with Crippen LogP contribution in [0.4, 0.5) is 14.9 Å². The number of hydrogen-bond acceptors (Lipinski definition) is 7. The first-order valence-electron chi connectivity index (χ1n) is 10.5. The van der Waals surface area contributed by atoms with E-state index in [1.807, 2.05) is 19.0 Å². The van der Waals surface area contributed by atoms with Crippen molar-refractivity contribution in [1.82, 2.24) is 4.90 Å². The lowest BCUT2D eigenvalue weighted by Gasteiger charge is -2.28. The van der Waals surface area contributed by atoms with Gasteiger partial charge in [0.2, 0.25) is 0 Å². The SMILES string of the molecule is CN(C)C1CN=C(C(=CN)[S-](=O)=NC(=O)Nc2c3c(c(F)c4c2CCC4)CCC3)OC1. The molecule has 1 aliphatic heterocycles. The number of rotatable bonds is 4. The summed E-state index contributed by atoms with van der Waals surface area (Å²) in [5, 5.41) is 2.78. The normalized spacial score (nSPS) is 21.5. The van der Waals surface area contributed by atoms with Crippen molar-refractivity contribution < 1.29 is 18.1 Å². The zero-order chi connectivity index (χ0) is 22.1. The number of carbonyl (C=O) groups excluding carboxylic acids is 1. The van der Waals surface area contributed by atoms with E-state index in [9.17, 15) is 13.4 Å². The maximum absolute atomic E-state index is 14.8. The Morgan fingerprint density at radius 3 is 2.35 bits per heavy atom. The summed E-state index contributed by atoms with van der Waals surface area (Å²) in [4.78, 5) is 19.0. The fourth-order valence-corrected chi connectivity index (χ4v) is 5.10. The molecule has 1 heterocycles. The molecule has 2 amide bonds. The van der Waals surface area contributed by atoms with Crippen LogP contribution < -0.4 is 11.1 Å². The lowest BCUT2D eigenvalue weighted by Crippen LogP contribution is -2.39. The Bertz CT molecular complexity index is 1020. The largest absolute Gasteiger partial charge is 0.477 e. The Kier molecular flexibility index (Phi) is 6.29. The van der Waals surface area contributed by atoms with Crippen LogP contribution in [-0.4, -0.2) is 50.1 Å². The quantitative estimate of drug-likeness (QED) is 0.688. The number of nitrogens with one attached hydrogen (secondary N) is 1. The van der Waals surface area contributed by atoms with Crippen molar-refractivity contribution in [3.05, 3.63) is 39.2 Å². The topological polar surface area (TPSA) is 109 Å². The monoisotopic (exact) mass is 448 g/mol. The molecule has 0 radical (unpaired) electrons. The van der Waals surface area contributed by atoms with Gasteiger partial charge in [-0.3, -0.25) is 4.99 Å². The minimum absolute atomic E-state index is 0.0573. The number of aliphatic imine (C=N–C) groups is 1. The van der Waals surface area contributed by atoms with E-state index >= 15 is 0 Å². The van der Waals surface area contributed by atoms with Gasteiger partial charge in [-0.2, -0.15) is 0 Å². The van der Waals surface area contributed by atoms with Gasteiger partial charge in [0, 0.05) is 5.69 Å². The second-order valence-corrected chi connectivity index (χ2v) is 9.31. The van der Waals surface area contributed by atoms with Gasteiger partial charge in [0.1, 0.15) is 12.4 Å². The third-order valence-corrected chi connectivity index (χ3v) is 7.12. The maximum Gasteiger partial charge on any atom is 0.322 e. The highest BCUT2D eigenvalue weighted by atomic mass is 32.2. The molecule has 0 saturated heterocycles. The Morgan fingerprint density at radius 1 is 1.23 bits per heavy atom. The first kappa shape index (κ1) is 21.8.